The predicted octanol–water partition coefficient (Wildman–Crippen LogP) is 17.2. The summed E-state index contributed by atoms with van der Waals surface area (Å²) < 4.78 is 36.9. The maximum absolute atomic E-state index is 9.41. The van der Waals surface area contributed by atoms with Gasteiger partial charge in [0, 0.05) is 51.5 Å². The number of fused-ring (bicyclic) bond motifs is 4. The normalized spacial score (nSPS) is 13.1. The molecule has 0 bridgehead atoms. The Morgan fingerprint density at radius 3 is 1.71 bits per heavy atom. The second-order valence-electron chi connectivity index (χ2n) is 18.6. The van der Waals surface area contributed by atoms with Crippen LogP contribution in [0, 0.1) is 0 Å². The maximum atomic E-state index is 9.41. The first kappa shape index (κ1) is 38.4. The van der Waals surface area contributed by atoms with Crippen LogP contribution in [0.1, 0.15) is 30.4 Å². The van der Waals surface area contributed by atoms with Crippen molar-refractivity contribution in [2.45, 2.75) is 26.2 Å². The Balaban J connectivity index is 0.983. The quantitative estimate of drug-likeness (QED) is 0.145. The lowest BCUT2D eigenvalue weighted by Crippen LogP contribution is -2.24. The number of nitrogens with zero attached hydrogens (tertiary/aromatic N) is 4. The third-order valence-corrected chi connectivity index (χ3v) is 13.2. The highest BCUT2D eigenvalue weighted by Crippen LogP contribution is 2.50. The topological polar surface area (TPSA) is 33.5 Å². The fourth-order valence-corrected chi connectivity index (χ4v) is 9.98. The van der Waals surface area contributed by atoms with Crippen LogP contribution in [-0.2, 0) is 5.41 Å². The van der Waals surface area contributed by atoms with Crippen LogP contribution in [0.25, 0.3) is 72.1 Å². The molecule has 1 aliphatic heterocycles. The van der Waals surface area contributed by atoms with Gasteiger partial charge in [0.15, 0.2) is 0 Å². The number of hydrogen-bond donors (Lipinski definition) is 0. The molecule has 0 saturated carbocycles. The Hall–Kier alpha value is -8.67. The van der Waals surface area contributed by atoms with Crippen molar-refractivity contribution < 1.29 is 8.85 Å². The van der Waals surface area contributed by atoms with Crippen LogP contribution in [0.3, 0.4) is 0 Å². The average molecular weight is 894 g/mol. The van der Waals surface area contributed by atoms with Crippen LogP contribution < -0.4 is 14.5 Å². The van der Waals surface area contributed by atoms with E-state index < -0.39 is 0 Å². The molecule has 0 atom stereocenters. The van der Waals surface area contributed by atoms with Crippen molar-refractivity contribution in [3.8, 4) is 61.8 Å². The highest BCUT2D eigenvalue weighted by molar-refractivity contribution is 6.11. The zero-order valence-corrected chi connectivity index (χ0v) is 38.7. The zero-order valence-electron chi connectivity index (χ0n) is 41.7. The molecule has 12 rings (SSSR count). The molecule has 9 aromatic carbocycles. The van der Waals surface area contributed by atoms with Crippen molar-refractivity contribution in [2.24, 2.45) is 0 Å². The van der Waals surface area contributed by atoms with Crippen molar-refractivity contribution >= 4 is 44.6 Å². The summed E-state index contributed by atoms with van der Waals surface area (Å²) >= 11 is 0. The number of para-hydroxylation sites is 3. The standard InChI is InChI=1S/C64H50N4O/c1-64(2,3)57-41-62(65-42-56(57)47-26-14-7-15-27-47)68-58-37-34-48(44-20-8-4-9-21-44)38-55(58)54-36-35-51(40-61(54)68)69-50-29-18-28-49(39-50)66-43-67(60-33-17-16-32-59(60)66)63-52(45-22-10-5-11-23-45)30-19-31-53(63)46-24-12-6-13-25-46/h4-42H,43H2,1-3H3/i18D,28D,29D. The highest BCUT2D eigenvalue weighted by atomic mass is 16.5. The fourth-order valence-electron chi connectivity index (χ4n) is 9.98. The lowest BCUT2D eigenvalue weighted by Gasteiger charge is -2.27. The van der Waals surface area contributed by atoms with Gasteiger partial charge in [0.2, 0.25) is 0 Å². The molecule has 5 nitrogen and oxygen atoms in total. The number of benzene rings is 9. The Kier molecular flexibility index (Phi) is 9.58. The van der Waals surface area contributed by atoms with Crippen molar-refractivity contribution in [3.63, 3.8) is 0 Å². The third kappa shape index (κ3) is 7.68. The van der Waals surface area contributed by atoms with E-state index in [0.717, 1.165) is 89.2 Å². The van der Waals surface area contributed by atoms with Gasteiger partial charge >= 0.3 is 0 Å². The Morgan fingerprint density at radius 1 is 0.478 bits per heavy atom. The number of rotatable bonds is 9. The molecule has 0 N–H and O–H groups in total. The first-order valence-electron chi connectivity index (χ1n) is 25.0. The molecule has 11 aromatic rings. The van der Waals surface area contributed by atoms with Crippen molar-refractivity contribution in [1.29, 1.82) is 0 Å². The van der Waals surface area contributed by atoms with Crippen LogP contribution in [0.5, 0.6) is 11.5 Å². The van der Waals surface area contributed by atoms with Gasteiger partial charge in [0.25, 0.3) is 0 Å². The van der Waals surface area contributed by atoms with Gasteiger partial charge in [-0.25, -0.2) is 4.98 Å². The lowest BCUT2D eigenvalue weighted by molar-refractivity contribution is 0.483. The predicted molar refractivity (Wildman–Crippen MR) is 288 cm³/mol. The van der Waals surface area contributed by atoms with Crippen molar-refractivity contribution in [1.82, 2.24) is 9.55 Å². The van der Waals surface area contributed by atoms with E-state index in [9.17, 15) is 4.11 Å². The summed E-state index contributed by atoms with van der Waals surface area (Å²) in [5.41, 5.74) is 15.0. The first-order chi connectivity index (χ1) is 35.1. The summed E-state index contributed by atoms with van der Waals surface area (Å²) in [4.78, 5) is 9.56. The van der Waals surface area contributed by atoms with E-state index >= 15 is 0 Å². The van der Waals surface area contributed by atoms with Crippen LogP contribution in [0.4, 0.5) is 22.7 Å². The molecule has 3 heterocycles. The minimum atomic E-state index is -0.214. The van der Waals surface area contributed by atoms with Gasteiger partial charge in [-0.2, -0.15) is 0 Å². The summed E-state index contributed by atoms with van der Waals surface area (Å²) in [5.74, 6) is 1.46. The zero-order chi connectivity index (χ0) is 49.1. The second-order valence-corrected chi connectivity index (χ2v) is 18.6. The van der Waals surface area contributed by atoms with E-state index in [1.807, 2.05) is 54.7 Å². The molecule has 0 fully saturated rings. The van der Waals surface area contributed by atoms with Gasteiger partial charge in [0.1, 0.15) is 24.0 Å². The lowest BCUT2D eigenvalue weighted by atomic mass is 9.82. The Labute approximate surface area is 408 Å². The van der Waals surface area contributed by atoms with Gasteiger partial charge in [0.05, 0.1) is 32.2 Å². The first-order valence-corrected chi connectivity index (χ1v) is 23.5. The second kappa shape index (κ2) is 17.2. The van der Waals surface area contributed by atoms with E-state index in [1.165, 1.54) is 5.56 Å². The molecular weight excluding hydrogens is 841 g/mol. The van der Waals surface area contributed by atoms with E-state index in [-0.39, 0.29) is 29.3 Å². The van der Waals surface area contributed by atoms with Crippen LogP contribution in [-0.4, -0.2) is 16.2 Å². The van der Waals surface area contributed by atoms with Gasteiger partial charge in [-0.1, -0.05) is 185 Å². The van der Waals surface area contributed by atoms with Gasteiger partial charge in [-0.05, 0) is 93.3 Å². The fraction of sp³-hybridized carbons (Fsp3) is 0.0781. The molecule has 0 aliphatic carbocycles. The van der Waals surface area contributed by atoms with Gasteiger partial charge < -0.3 is 14.5 Å². The summed E-state index contributed by atoms with van der Waals surface area (Å²) in [6, 6.07) is 72.5. The number of aromatic nitrogens is 2. The molecule has 0 spiro atoms. The molecule has 332 valence electrons. The SMILES string of the molecule is [2H]c1c(Oc2ccc3c4cc(-c5ccccc5)ccc4n(-c4cc(C(C)(C)C)c(-c5ccccc5)cn4)c3c2)cc(N2CN(c3c(-c4ccccc4)cccc3-c3ccccc3)c3ccccc32)c([2H])c1[2H]. The molecule has 0 amide bonds. The van der Waals surface area contributed by atoms with Crippen molar-refractivity contribution in [2.75, 3.05) is 16.5 Å². The molecule has 0 radical (unpaired) electrons. The van der Waals surface area contributed by atoms with E-state index in [2.05, 4.69) is 193 Å². The van der Waals surface area contributed by atoms with Crippen molar-refractivity contribution in [3.05, 3.63) is 242 Å². The van der Waals surface area contributed by atoms with Crippen LogP contribution in [0.15, 0.2) is 237 Å². The Morgan fingerprint density at radius 2 is 1.07 bits per heavy atom. The molecule has 0 saturated heterocycles. The summed E-state index contributed by atoms with van der Waals surface area (Å²) in [6.07, 6.45) is 1.99. The molecule has 5 heteroatoms. The van der Waals surface area contributed by atoms with Crippen LogP contribution >= 0.6 is 0 Å². The molecular formula is C64H50N4O. The monoisotopic (exact) mass is 893 g/mol. The number of ether oxygens (including phenoxy) is 1. The summed E-state index contributed by atoms with van der Waals surface area (Å²) in [7, 11) is 0. The number of anilines is 4. The molecule has 1 aliphatic rings. The van der Waals surface area contributed by atoms with E-state index in [0.29, 0.717) is 18.1 Å². The summed E-state index contributed by atoms with van der Waals surface area (Å²) in [5, 5.41) is 2.09. The van der Waals surface area contributed by atoms with Gasteiger partial charge in [-0.15, -0.1) is 0 Å². The van der Waals surface area contributed by atoms with E-state index in [4.69, 9.17) is 9.72 Å². The number of pyridine rings is 1. The maximum Gasteiger partial charge on any atom is 0.137 e. The number of hydrogen-bond acceptors (Lipinski definition) is 4. The average Bonchev–Trinajstić information content (AvgIpc) is 3.96. The van der Waals surface area contributed by atoms with E-state index in [1.54, 1.807) is 6.07 Å². The van der Waals surface area contributed by atoms with Crippen LogP contribution in [0.2, 0.25) is 0 Å². The smallest absolute Gasteiger partial charge is 0.137 e. The molecule has 0 unspecified atom stereocenters. The highest BCUT2D eigenvalue weighted by Gasteiger charge is 2.31. The minimum absolute atomic E-state index is 0.0481. The molecule has 69 heavy (non-hydrogen) atoms. The van der Waals surface area contributed by atoms with Gasteiger partial charge in [-0.3, -0.25) is 4.57 Å². The summed E-state index contributed by atoms with van der Waals surface area (Å²) in [6.45, 7) is 7.07. The largest absolute Gasteiger partial charge is 0.457 e. The Bertz CT molecular complexity index is 3780. The third-order valence-electron chi connectivity index (χ3n) is 13.2. The minimum Gasteiger partial charge on any atom is -0.457 e. The molecule has 2 aromatic heterocycles.